The first-order chi connectivity index (χ1) is 9.17. The standard InChI is InChI=1S/C14H16N2O2S/c1-10-8-16-14(19-10)9-15-13(17)7-11-4-3-5-12(6-11)18-2/h3-6,8H,7,9H2,1-2H3,(H,15,17). The van der Waals surface area contributed by atoms with Gasteiger partial charge in [0, 0.05) is 11.1 Å². The van der Waals surface area contributed by atoms with Crippen LogP contribution in [0.1, 0.15) is 15.4 Å². The number of nitrogens with zero attached hydrogens (tertiary/aromatic N) is 1. The Morgan fingerprint density at radius 1 is 1.47 bits per heavy atom. The van der Waals surface area contributed by atoms with Crippen molar-refractivity contribution in [2.24, 2.45) is 0 Å². The molecular weight excluding hydrogens is 260 g/mol. The number of benzene rings is 1. The quantitative estimate of drug-likeness (QED) is 0.911. The lowest BCUT2D eigenvalue weighted by Gasteiger charge is -2.05. The third-order valence-corrected chi connectivity index (χ3v) is 3.52. The molecule has 0 aliphatic rings. The highest BCUT2D eigenvalue weighted by Gasteiger charge is 2.05. The van der Waals surface area contributed by atoms with Gasteiger partial charge in [-0.25, -0.2) is 4.98 Å². The first-order valence-electron chi connectivity index (χ1n) is 5.98. The number of hydrogen-bond donors (Lipinski definition) is 1. The lowest BCUT2D eigenvalue weighted by atomic mass is 10.1. The Kier molecular flexibility index (Phi) is 4.52. The van der Waals surface area contributed by atoms with Crippen LogP contribution < -0.4 is 10.1 Å². The van der Waals surface area contributed by atoms with Crippen LogP contribution >= 0.6 is 11.3 Å². The van der Waals surface area contributed by atoms with Crippen LogP contribution in [0.3, 0.4) is 0 Å². The van der Waals surface area contributed by atoms with Crippen LogP contribution in [0, 0.1) is 6.92 Å². The topological polar surface area (TPSA) is 51.2 Å². The van der Waals surface area contributed by atoms with E-state index in [0.717, 1.165) is 21.2 Å². The molecule has 0 bridgehead atoms. The number of ether oxygens (including phenoxy) is 1. The zero-order valence-electron chi connectivity index (χ0n) is 11.0. The van der Waals surface area contributed by atoms with E-state index in [1.165, 1.54) is 0 Å². The summed E-state index contributed by atoms with van der Waals surface area (Å²) in [6.07, 6.45) is 2.16. The van der Waals surface area contributed by atoms with E-state index in [2.05, 4.69) is 10.3 Å². The number of hydrogen-bond acceptors (Lipinski definition) is 4. The molecule has 4 nitrogen and oxygen atoms in total. The van der Waals surface area contributed by atoms with Crippen molar-refractivity contribution >= 4 is 17.2 Å². The summed E-state index contributed by atoms with van der Waals surface area (Å²) < 4.78 is 5.13. The van der Waals surface area contributed by atoms with E-state index in [1.807, 2.05) is 37.4 Å². The zero-order chi connectivity index (χ0) is 13.7. The van der Waals surface area contributed by atoms with Crippen molar-refractivity contribution in [2.75, 3.05) is 7.11 Å². The summed E-state index contributed by atoms with van der Waals surface area (Å²) in [5.74, 6) is 0.752. The zero-order valence-corrected chi connectivity index (χ0v) is 11.8. The van der Waals surface area contributed by atoms with Gasteiger partial charge in [-0.05, 0) is 24.6 Å². The summed E-state index contributed by atoms with van der Waals surface area (Å²) in [7, 11) is 1.62. The minimum atomic E-state index is -0.0129. The molecule has 0 spiro atoms. The van der Waals surface area contributed by atoms with Gasteiger partial charge in [0.2, 0.25) is 5.91 Å². The van der Waals surface area contributed by atoms with E-state index in [4.69, 9.17) is 4.74 Å². The number of rotatable bonds is 5. The van der Waals surface area contributed by atoms with Crippen molar-refractivity contribution in [3.63, 3.8) is 0 Å². The Bertz CT molecular complexity index is 566. The molecule has 5 heteroatoms. The summed E-state index contributed by atoms with van der Waals surface area (Å²) in [5.41, 5.74) is 0.937. The fraction of sp³-hybridized carbons (Fsp3) is 0.286. The number of methoxy groups -OCH3 is 1. The fourth-order valence-corrected chi connectivity index (χ4v) is 2.41. The minimum absolute atomic E-state index is 0.0129. The van der Waals surface area contributed by atoms with E-state index < -0.39 is 0 Å². The Morgan fingerprint density at radius 3 is 3.00 bits per heavy atom. The molecule has 1 N–H and O–H groups in total. The number of aryl methyl sites for hydroxylation is 1. The molecule has 100 valence electrons. The molecule has 1 aromatic carbocycles. The SMILES string of the molecule is COc1cccc(CC(=O)NCc2ncc(C)s2)c1. The van der Waals surface area contributed by atoms with Gasteiger partial charge in [0.05, 0.1) is 20.1 Å². The molecule has 0 atom stereocenters. The first-order valence-corrected chi connectivity index (χ1v) is 6.80. The molecule has 0 aliphatic carbocycles. The van der Waals surface area contributed by atoms with Gasteiger partial charge < -0.3 is 10.1 Å². The second-order valence-corrected chi connectivity index (χ2v) is 5.49. The number of carbonyl (C=O) groups is 1. The van der Waals surface area contributed by atoms with Gasteiger partial charge >= 0.3 is 0 Å². The molecule has 1 heterocycles. The molecule has 0 saturated heterocycles. The highest BCUT2D eigenvalue weighted by Crippen LogP contribution is 2.13. The predicted molar refractivity (Wildman–Crippen MR) is 75.4 cm³/mol. The van der Waals surface area contributed by atoms with Crippen molar-refractivity contribution in [3.8, 4) is 5.75 Å². The molecular formula is C14H16N2O2S. The Hall–Kier alpha value is -1.88. The molecule has 0 radical (unpaired) electrons. The van der Waals surface area contributed by atoms with Crippen LogP contribution in [-0.4, -0.2) is 18.0 Å². The Labute approximate surface area is 116 Å². The maximum atomic E-state index is 11.8. The van der Waals surface area contributed by atoms with E-state index in [9.17, 15) is 4.79 Å². The van der Waals surface area contributed by atoms with E-state index in [-0.39, 0.29) is 5.91 Å². The lowest BCUT2D eigenvalue weighted by molar-refractivity contribution is -0.120. The second-order valence-electron chi connectivity index (χ2n) is 4.17. The van der Waals surface area contributed by atoms with Gasteiger partial charge in [0.15, 0.2) is 0 Å². The summed E-state index contributed by atoms with van der Waals surface area (Å²) in [4.78, 5) is 17.2. The molecule has 0 fully saturated rings. The summed E-state index contributed by atoms with van der Waals surface area (Å²) in [5, 5.41) is 3.79. The van der Waals surface area contributed by atoms with Crippen LogP contribution in [-0.2, 0) is 17.8 Å². The van der Waals surface area contributed by atoms with Crippen LogP contribution in [0.4, 0.5) is 0 Å². The van der Waals surface area contributed by atoms with Crippen LogP contribution in [0.25, 0.3) is 0 Å². The predicted octanol–water partition coefficient (Wildman–Crippen LogP) is 2.32. The first kappa shape index (κ1) is 13.5. The molecule has 0 saturated carbocycles. The Balaban J connectivity index is 1.86. The number of aromatic nitrogens is 1. The van der Waals surface area contributed by atoms with Crippen LogP contribution in [0.15, 0.2) is 30.5 Å². The summed E-state index contributed by atoms with van der Waals surface area (Å²) in [6, 6.07) is 7.52. The fourth-order valence-electron chi connectivity index (χ4n) is 1.69. The molecule has 0 aliphatic heterocycles. The average molecular weight is 276 g/mol. The van der Waals surface area contributed by atoms with Crippen molar-refractivity contribution in [3.05, 3.63) is 45.9 Å². The average Bonchev–Trinajstić information content (AvgIpc) is 2.82. The number of nitrogens with one attached hydrogen (secondary N) is 1. The molecule has 0 unspecified atom stereocenters. The van der Waals surface area contributed by atoms with E-state index >= 15 is 0 Å². The van der Waals surface area contributed by atoms with Crippen molar-refractivity contribution in [2.45, 2.75) is 19.9 Å². The second kappa shape index (κ2) is 6.33. The molecule has 19 heavy (non-hydrogen) atoms. The number of amides is 1. The highest BCUT2D eigenvalue weighted by atomic mass is 32.1. The smallest absolute Gasteiger partial charge is 0.224 e. The Morgan fingerprint density at radius 2 is 2.32 bits per heavy atom. The van der Waals surface area contributed by atoms with E-state index in [1.54, 1.807) is 18.4 Å². The van der Waals surface area contributed by atoms with Gasteiger partial charge in [-0.2, -0.15) is 0 Å². The summed E-state index contributed by atoms with van der Waals surface area (Å²) in [6.45, 7) is 2.49. The van der Waals surface area contributed by atoms with Crippen molar-refractivity contribution in [1.82, 2.24) is 10.3 Å². The van der Waals surface area contributed by atoms with Crippen LogP contribution in [0.2, 0.25) is 0 Å². The van der Waals surface area contributed by atoms with Gasteiger partial charge in [0.25, 0.3) is 0 Å². The van der Waals surface area contributed by atoms with Gasteiger partial charge in [0.1, 0.15) is 10.8 Å². The van der Waals surface area contributed by atoms with Gasteiger partial charge in [-0.1, -0.05) is 12.1 Å². The lowest BCUT2D eigenvalue weighted by Crippen LogP contribution is -2.24. The summed E-state index contributed by atoms with van der Waals surface area (Å²) >= 11 is 1.60. The molecule has 2 aromatic rings. The van der Waals surface area contributed by atoms with Crippen LogP contribution in [0.5, 0.6) is 5.75 Å². The number of carbonyl (C=O) groups excluding carboxylic acids is 1. The van der Waals surface area contributed by atoms with Crippen molar-refractivity contribution < 1.29 is 9.53 Å². The van der Waals surface area contributed by atoms with Gasteiger partial charge in [-0.3, -0.25) is 4.79 Å². The minimum Gasteiger partial charge on any atom is -0.497 e. The van der Waals surface area contributed by atoms with Crippen molar-refractivity contribution in [1.29, 1.82) is 0 Å². The maximum absolute atomic E-state index is 11.8. The number of thiazole rings is 1. The third-order valence-electron chi connectivity index (χ3n) is 2.60. The third kappa shape index (κ3) is 4.06. The molecule has 2 rings (SSSR count). The normalized spacial score (nSPS) is 10.2. The van der Waals surface area contributed by atoms with Gasteiger partial charge in [-0.15, -0.1) is 11.3 Å². The molecule has 1 aromatic heterocycles. The molecule has 1 amide bonds. The highest BCUT2D eigenvalue weighted by molar-refractivity contribution is 7.11. The largest absolute Gasteiger partial charge is 0.497 e. The monoisotopic (exact) mass is 276 g/mol. The maximum Gasteiger partial charge on any atom is 0.224 e. The van der Waals surface area contributed by atoms with E-state index in [0.29, 0.717) is 13.0 Å².